The summed E-state index contributed by atoms with van der Waals surface area (Å²) in [5.74, 6) is 0. The van der Waals surface area contributed by atoms with Gasteiger partial charge < -0.3 is 19.1 Å². The Morgan fingerprint density at radius 2 is 2.11 bits per heavy atom. The van der Waals surface area contributed by atoms with Crippen LogP contribution in [0.4, 0.5) is 4.79 Å². The van der Waals surface area contributed by atoms with Gasteiger partial charge in [-0.05, 0) is 33.6 Å². The Morgan fingerprint density at radius 1 is 1.33 bits per heavy atom. The normalized spacial score (nSPS) is 29.4. The van der Waals surface area contributed by atoms with Crippen molar-refractivity contribution >= 4 is 6.09 Å². The summed E-state index contributed by atoms with van der Waals surface area (Å²) < 4.78 is 16.8. The average Bonchev–Trinajstić information content (AvgIpc) is 2.57. The summed E-state index contributed by atoms with van der Waals surface area (Å²) in [6, 6.07) is 0. The number of rotatable bonds is 0. The Bertz CT molecular complexity index is 305. The van der Waals surface area contributed by atoms with E-state index in [9.17, 15) is 4.79 Å². The van der Waals surface area contributed by atoms with Crippen LogP contribution in [0.15, 0.2) is 0 Å². The van der Waals surface area contributed by atoms with E-state index in [1.807, 2.05) is 20.8 Å². The van der Waals surface area contributed by atoms with Gasteiger partial charge in [0.25, 0.3) is 0 Å². The molecule has 1 amide bonds. The summed E-state index contributed by atoms with van der Waals surface area (Å²) in [5, 5.41) is 0. The highest BCUT2D eigenvalue weighted by atomic mass is 16.6. The van der Waals surface area contributed by atoms with E-state index in [0.717, 1.165) is 19.4 Å². The topological polar surface area (TPSA) is 48.0 Å². The third-order valence-corrected chi connectivity index (χ3v) is 3.19. The minimum Gasteiger partial charge on any atom is -0.444 e. The monoisotopic (exact) mass is 257 g/mol. The van der Waals surface area contributed by atoms with Crippen LogP contribution in [0.5, 0.6) is 0 Å². The van der Waals surface area contributed by atoms with Gasteiger partial charge in [-0.25, -0.2) is 4.79 Å². The molecule has 2 aliphatic rings. The molecule has 0 aromatic carbocycles. The fraction of sp³-hybridized carbons (Fsp3) is 0.923. The lowest BCUT2D eigenvalue weighted by Crippen LogP contribution is -2.47. The van der Waals surface area contributed by atoms with Gasteiger partial charge in [0.05, 0.1) is 19.8 Å². The molecule has 2 aliphatic heterocycles. The summed E-state index contributed by atoms with van der Waals surface area (Å²) in [4.78, 5) is 13.8. The molecule has 0 N–H and O–H groups in total. The smallest absolute Gasteiger partial charge is 0.410 e. The average molecular weight is 257 g/mol. The standard InChI is InChI=1S/C13H23NO4/c1-12(2,3)18-11(15)14-6-8-16-10-13(9-14)5-4-7-17-13/h4-10H2,1-3H3/t13-/m1/s1. The van der Waals surface area contributed by atoms with Gasteiger partial charge in [0.2, 0.25) is 0 Å². The summed E-state index contributed by atoms with van der Waals surface area (Å²) in [5.41, 5.74) is -0.776. The van der Waals surface area contributed by atoms with Gasteiger partial charge in [-0.2, -0.15) is 0 Å². The van der Waals surface area contributed by atoms with Gasteiger partial charge in [0.1, 0.15) is 11.2 Å². The van der Waals surface area contributed by atoms with Crippen LogP contribution in [-0.2, 0) is 14.2 Å². The SMILES string of the molecule is CC(C)(C)OC(=O)N1CCOC[C@@]2(CCCO2)C1. The van der Waals surface area contributed by atoms with Crippen molar-refractivity contribution in [2.75, 3.05) is 32.9 Å². The molecule has 0 radical (unpaired) electrons. The van der Waals surface area contributed by atoms with Crippen molar-refractivity contribution in [3.05, 3.63) is 0 Å². The van der Waals surface area contributed by atoms with Crippen molar-refractivity contribution in [1.29, 1.82) is 0 Å². The molecule has 1 atom stereocenters. The van der Waals surface area contributed by atoms with Crippen LogP contribution in [0, 0.1) is 0 Å². The van der Waals surface area contributed by atoms with Crippen molar-refractivity contribution in [2.45, 2.75) is 44.8 Å². The second-order valence-electron chi connectivity index (χ2n) is 6.09. The van der Waals surface area contributed by atoms with E-state index in [1.54, 1.807) is 4.90 Å². The second-order valence-corrected chi connectivity index (χ2v) is 6.09. The number of ether oxygens (including phenoxy) is 3. The lowest BCUT2D eigenvalue weighted by atomic mass is 10.0. The molecule has 0 aliphatic carbocycles. The minimum absolute atomic E-state index is 0.275. The zero-order valence-corrected chi connectivity index (χ0v) is 11.5. The Kier molecular flexibility index (Phi) is 3.82. The Labute approximate surface area is 108 Å². The van der Waals surface area contributed by atoms with E-state index in [-0.39, 0.29) is 11.7 Å². The van der Waals surface area contributed by atoms with Gasteiger partial charge in [0.15, 0.2) is 0 Å². The van der Waals surface area contributed by atoms with Crippen LogP contribution in [-0.4, -0.2) is 55.1 Å². The highest BCUT2D eigenvalue weighted by Crippen LogP contribution is 2.29. The fourth-order valence-corrected chi connectivity index (χ4v) is 2.38. The third kappa shape index (κ3) is 3.36. The molecule has 1 spiro atoms. The first kappa shape index (κ1) is 13.6. The Hall–Kier alpha value is -0.810. The molecule has 2 rings (SSSR count). The van der Waals surface area contributed by atoms with Gasteiger partial charge in [-0.15, -0.1) is 0 Å². The maximum absolute atomic E-state index is 12.1. The molecule has 18 heavy (non-hydrogen) atoms. The number of carbonyl (C=O) groups excluding carboxylic acids is 1. The molecule has 5 heteroatoms. The largest absolute Gasteiger partial charge is 0.444 e. The maximum Gasteiger partial charge on any atom is 0.410 e. The number of carbonyl (C=O) groups is 1. The van der Waals surface area contributed by atoms with Gasteiger partial charge in [-0.3, -0.25) is 0 Å². The molecule has 2 fully saturated rings. The molecule has 5 nitrogen and oxygen atoms in total. The summed E-state index contributed by atoms with van der Waals surface area (Å²) in [7, 11) is 0. The van der Waals surface area contributed by atoms with E-state index in [1.165, 1.54) is 0 Å². The van der Waals surface area contributed by atoms with Crippen LogP contribution < -0.4 is 0 Å². The zero-order chi connectivity index (χ0) is 13.2. The summed E-state index contributed by atoms with van der Waals surface area (Å²) in [6.07, 6.45) is 1.71. The van der Waals surface area contributed by atoms with E-state index in [2.05, 4.69) is 0 Å². The van der Waals surface area contributed by atoms with Crippen molar-refractivity contribution < 1.29 is 19.0 Å². The van der Waals surface area contributed by atoms with Gasteiger partial charge in [0, 0.05) is 13.2 Å². The quantitative estimate of drug-likeness (QED) is 0.664. The predicted molar refractivity (Wildman–Crippen MR) is 66.5 cm³/mol. The molecular weight excluding hydrogens is 234 g/mol. The van der Waals surface area contributed by atoms with Crippen molar-refractivity contribution in [2.24, 2.45) is 0 Å². The number of nitrogens with zero attached hydrogens (tertiary/aromatic N) is 1. The fourth-order valence-electron chi connectivity index (χ4n) is 2.38. The lowest BCUT2D eigenvalue weighted by molar-refractivity contribution is -0.0573. The number of hydrogen-bond acceptors (Lipinski definition) is 4. The molecule has 104 valence electrons. The molecule has 2 saturated heterocycles. The van der Waals surface area contributed by atoms with Crippen LogP contribution in [0.2, 0.25) is 0 Å². The van der Waals surface area contributed by atoms with E-state index in [4.69, 9.17) is 14.2 Å². The molecule has 0 unspecified atom stereocenters. The molecule has 0 aromatic rings. The van der Waals surface area contributed by atoms with Crippen LogP contribution in [0.25, 0.3) is 0 Å². The van der Waals surface area contributed by atoms with Crippen molar-refractivity contribution in [1.82, 2.24) is 4.90 Å². The lowest BCUT2D eigenvalue weighted by Gasteiger charge is -2.32. The van der Waals surface area contributed by atoms with E-state index < -0.39 is 5.60 Å². The Morgan fingerprint density at radius 3 is 2.72 bits per heavy atom. The molecule has 0 saturated carbocycles. The van der Waals surface area contributed by atoms with E-state index in [0.29, 0.717) is 26.3 Å². The van der Waals surface area contributed by atoms with Crippen molar-refractivity contribution in [3.63, 3.8) is 0 Å². The van der Waals surface area contributed by atoms with Crippen LogP contribution in [0.1, 0.15) is 33.6 Å². The molecule has 2 heterocycles. The maximum atomic E-state index is 12.1. The number of hydrogen-bond donors (Lipinski definition) is 0. The number of amides is 1. The zero-order valence-electron chi connectivity index (χ0n) is 11.5. The Balaban J connectivity index is 2.01. The summed E-state index contributed by atoms with van der Waals surface area (Å²) in [6.45, 7) is 8.65. The van der Waals surface area contributed by atoms with Crippen molar-refractivity contribution in [3.8, 4) is 0 Å². The first-order chi connectivity index (χ1) is 8.40. The highest BCUT2D eigenvalue weighted by Gasteiger charge is 2.41. The second kappa shape index (κ2) is 5.05. The molecule has 0 bridgehead atoms. The predicted octanol–water partition coefficient (Wildman–Crippen LogP) is 1.80. The van der Waals surface area contributed by atoms with Gasteiger partial charge >= 0.3 is 6.09 Å². The highest BCUT2D eigenvalue weighted by molar-refractivity contribution is 5.68. The minimum atomic E-state index is -0.464. The molecular formula is C13H23NO4. The summed E-state index contributed by atoms with van der Waals surface area (Å²) >= 11 is 0. The molecule has 0 aromatic heterocycles. The van der Waals surface area contributed by atoms with Crippen LogP contribution in [0.3, 0.4) is 0 Å². The third-order valence-electron chi connectivity index (χ3n) is 3.19. The van der Waals surface area contributed by atoms with Gasteiger partial charge in [-0.1, -0.05) is 0 Å². The first-order valence-electron chi connectivity index (χ1n) is 6.60. The van der Waals surface area contributed by atoms with Crippen LogP contribution >= 0.6 is 0 Å². The van der Waals surface area contributed by atoms with E-state index >= 15 is 0 Å². The first-order valence-corrected chi connectivity index (χ1v) is 6.60.